The van der Waals surface area contributed by atoms with E-state index in [1.165, 1.54) is 10.4 Å². The van der Waals surface area contributed by atoms with E-state index < -0.39 is 16.1 Å². The minimum Gasteiger partial charge on any atom is -0.496 e. The number of sulfonamides is 1. The zero-order chi connectivity index (χ0) is 23.2. The Balaban J connectivity index is 2.18. The van der Waals surface area contributed by atoms with Crippen LogP contribution in [-0.4, -0.2) is 56.8 Å². The Morgan fingerprint density at radius 1 is 1.13 bits per heavy atom. The standard InChI is InChI=1S/C23H33N3O4S/c1-7-26(8-2)31(28,29)22-15-20(14-13-17(22)3)24-23(27)18(4)25(5)16-19-11-9-10-12-21(19)30-6/h9-15,18H,7-8,16H2,1-6H3,(H,24,27). The van der Waals surface area contributed by atoms with Crippen LogP contribution in [0.4, 0.5) is 5.69 Å². The van der Waals surface area contributed by atoms with Crippen LogP contribution in [0.25, 0.3) is 0 Å². The number of nitrogens with one attached hydrogen (secondary N) is 1. The number of amides is 1. The van der Waals surface area contributed by atoms with Gasteiger partial charge in [0.2, 0.25) is 15.9 Å². The van der Waals surface area contributed by atoms with Gasteiger partial charge in [0, 0.05) is 30.9 Å². The van der Waals surface area contributed by atoms with Crippen LogP contribution >= 0.6 is 0 Å². The Morgan fingerprint density at radius 2 is 1.77 bits per heavy atom. The number of ether oxygens (including phenoxy) is 1. The summed E-state index contributed by atoms with van der Waals surface area (Å²) in [5.41, 5.74) is 2.08. The normalized spacial score (nSPS) is 12.8. The molecular weight excluding hydrogens is 414 g/mol. The third kappa shape index (κ3) is 5.84. The molecule has 0 bridgehead atoms. The van der Waals surface area contributed by atoms with Gasteiger partial charge in [-0.3, -0.25) is 9.69 Å². The van der Waals surface area contributed by atoms with E-state index in [9.17, 15) is 13.2 Å². The Bertz CT molecular complexity index is 1000. The van der Waals surface area contributed by atoms with Crippen molar-refractivity contribution < 1.29 is 17.9 Å². The summed E-state index contributed by atoms with van der Waals surface area (Å²) in [5.74, 6) is 0.555. The van der Waals surface area contributed by atoms with Gasteiger partial charge in [-0.25, -0.2) is 8.42 Å². The number of nitrogens with zero attached hydrogens (tertiary/aromatic N) is 2. The first-order valence-corrected chi connectivity index (χ1v) is 11.8. The zero-order valence-electron chi connectivity index (χ0n) is 19.2. The Morgan fingerprint density at radius 3 is 2.39 bits per heavy atom. The topological polar surface area (TPSA) is 79.0 Å². The highest BCUT2D eigenvalue weighted by atomic mass is 32.2. The lowest BCUT2D eigenvalue weighted by atomic mass is 10.1. The van der Waals surface area contributed by atoms with Crippen molar-refractivity contribution in [1.29, 1.82) is 0 Å². The van der Waals surface area contributed by atoms with Crippen molar-refractivity contribution in [2.75, 3.05) is 32.6 Å². The van der Waals surface area contributed by atoms with E-state index in [0.29, 0.717) is 30.9 Å². The summed E-state index contributed by atoms with van der Waals surface area (Å²) < 4.78 is 32.7. The summed E-state index contributed by atoms with van der Waals surface area (Å²) >= 11 is 0. The van der Waals surface area contributed by atoms with Crippen molar-refractivity contribution >= 4 is 21.6 Å². The van der Waals surface area contributed by atoms with Crippen LogP contribution in [0.5, 0.6) is 5.75 Å². The molecule has 7 nitrogen and oxygen atoms in total. The number of carbonyl (C=O) groups is 1. The number of rotatable bonds is 10. The van der Waals surface area contributed by atoms with E-state index >= 15 is 0 Å². The summed E-state index contributed by atoms with van der Waals surface area (Å²) in [6, 6.07) is 12.2. The van der Waals surface area contributed by atoms with E-state index in [2.05, 4.69) is 5.32 Å². The van der Waals surface area contributed by atoms with Gasteiger partial charge in [0.05, 0.1) is 18.0 Å². The fourth-order valence-corrected chi connectivity index (χ4v) is 5.05. The Hall–Kier alpha value is -2.42. The SMILES string of the molecule is CCN(CC)S(=O)(=O)c1cc(NC(=O)C(C)N(C)Cc2ccccc2OC)ccc1C. The van der Waals surface area contributed by atoms with E-state index in [1.807, 2.05) is 43.1 Å². The lowest BCUT2D eigenvalue weighted by Crippen LogP contribution is -2.39. The highest BCUT2D eigenvalue weighted by molar-refractivity contribution is 7.89. The average Bonchev–Trinajstić information content (AvgIpc) is 2.75. The molecule has 0 saturated heterocycles. The molecule has 0 aliphatic heterocycles. The van der Waals surface area contributed by atoms with Gasteiger partial charge in [0.15, 0.2) is 0 Å². The van der Waals surface area contributed by atoms with Gasteiger partial charge in [-0.1, -0.05) is 38.1 Å². The Labute approximate surface area is 186 Å². The molecule has 2 aromatic carbocycles. The van der Waals surface area contributed by atoms with Crippen LogP contribution in [0.3, 0.4) is 0 Å². The van der Waals surface area contributed by atoms with Crippen LogP contribution in [0, 0.1) is 6.92 Å². The van der Waals surface area contributed by atoms with Crippen molar-refractivity contribution in [2.24, 2.45) is 0 Å². The molecule has 2 rings (SSSR count). The van der Waals surface area contributed by atoms with E-state index in [1.54, 1.807) is 40.0 Å². The van der Waals surface area contributed by atoms with Gasteiger partial charge >= 0.3 is 0 Å². The van der Waals surface area contributed by atoms with E-state index in [-0.39, 0.29) is 10.8 Å². The molecule has 0 aliphatic rings. The van der Waals surface area contributed by atoms with E-state index in [0.717, 1.165) is 11.3 Å². The van der Waals surface area contributed by atoms with Crippen molar-refractivity contribution in [3.05, 3.63) is 53.6 Å². The molecular formula is C23H33N3O4S. The second-order valence-electron chi connectivity index (χ2n) is 7.46. The quantitative estimate of drug-likeness (QED) is 0.603. The molecule has 2 aromatic rings. The number of carbonyl (C=O) groups excluding carboxylic acids is 1. The fourth-order valence-electron chi connectivity index (χ4n) is 3.34. The summed E-state index contributed by atoms with van der Waals surface area (Å²) in [5, 5.41) is 2.86. The molecule has 0 radical (unpaired) electrons. The average molecular weight is 448 g/mol. The number of para-hydroxylation sites is 1. The number of hydrogen-bond donors (Lipinski definition) is 1. The molecule has 0 saturated carbocycles. The molecule has 1 N–H and O–H groups in total. The molecule has 0 spiro atoms. The van der Waals surface area contributed by atoms with Crippen LogP contribution in [0.15, 0.2) is 47.4 Å². The number of benzene rings is 2. The first kappa shape index (κ1) is 24.8. The maximum atomic E-state index is 13.0. The summed E-state index contributed by atoms with van der Waals surface area (Å²) in [4.78, 5) is 15.0. The van der Waals surface area contributed by atoms with Gasteiger partial charge in [0.25, 0.3) is 0 Å². The molecule has 31 heavy (non-hydrogen) atoms. The second-order valence-corrected chi connectivity index (χ2v) is 9.37. The van der Waals surface area contributed by atoms with Crippen LogP contribution in [0.1, 0.15) is 31.9 Å². The van der Waals surface area contributed by atoms with Gasteiger partial charge in [-0.2, -0.15) is 4.31 Å². The van der Waals surface area contributed by atoms with Gasteiger partial charge in [-0.15, -0.1) is 0 Å². The van der Waals surface area contributed by atoms with Crippen molar-refractivity contribution in [3.8, 4) is 5.75 Å². The molecule has 1 unspecified atom stereocenters. The number of likely N-dealkylation sites (N-methyl/N-ethyl adjacent to an activating group) is 1. The number of methoxy groups -OCH3 is 1. The molecule has 0 fully saturated rings. The van der Waals surface area contributed by atoms with Crippen molar-refractivity contribution in [3.63, 3.8) is 0 Å². The van der Waals surface area contributed by atoms with Gasteiger partial charge < -0.3 is 10.1 Å². The zero-order valence-corrected chi connectivity index (χ0v) is 20.0. The van der Waals surface area contributed by atoms with Crippen LogP contribution in [0.2, 0.25) is 0 Å². The number of hydrogen-bond acceptors (Lipinski definition) is 5. The summed E-state index contributed by atoms with van der Waals surface area (Å²) in [6.07, 6.45) is 0. The lowest BCUT2D eigenvalue weighted by molar-refractivity contribution is -0.120. The number of aryl methyl sites for hydroxylation is 1. The van der Waals surface area contributed by atoms with Crippen LogP contribution < -0.4 is 10.1 Å². The maximum absolute atomic E-state index is 13.0. The number of anilines is 1. The summed E-state index contributed by atoms with van der Waals surface area (Å²) in [6.45, 7) is 8.49. The monoisotopic (exact) mass is 447 g/mol. The second kappa shape index (κ2) is 10.7. The van der Waals surface area contributed by atoms with Crippen LogP contribution in [-0.2, 0) is 21.4 Å². The molecule has 1 atom stereocenters. The van der Waals surface area contributed by atoms with Gasteiger partial charge in [-0.05, 0) is 44.7 Å². The predicted molar refractivity (Wildman–Crippen MR) is 124 cm³/mol. The largest absolute Gasteiger partial charge is 0.496 e. The van der Waals surface area contributed by atoms with E-state index in [4.69, 9.17) is 4.74 Å². The third-order valence-corrected chi connectivity index (χ3v) is 7.62. The minimum atomic E-state index is -3.62. The van der Waals surface area contributed by atoms with Gasteiger partial charge in [0.1, 0.15) is 5.75 Å². The molecule has 0 heterocycles. The highest BCUT2D eigenvalue weighted by Crippen LogP contribution is 2.24. The fraction of sp³-hybridized carbons (Fsp3) is 0.435. The molecule has 170 valence electrons. The first-order chi connectivity index (χ1) is 14.6. The highest BCUT2D eigenvalue weighted by Gasteiger charge is 2.25. The Kier molecular flexibility index (Phi) is 8.61. The molecule has 0 aliphatic carbocycles. The molecule has 8 heteroatoms. The minimum absolute atomic E-state index is 0.212. The maximum Gasteiger partial charge on any atom is 0.243 e. The summed E-state index contributed by atoms with van der Waals surface area (Å²) in [7, 11) is -0.133. The molecule has 0 aromatic heterocycles. The first-order valence-electron chi connectivity index (χ1n) is 10.4. The van der Waals surface area contributed by atoms with Crippen molar-refractivity contribution in [1.82, 2.24) is 9.21 Å². The van der Waals surface area contributed by atoms with Crippen molar-refractivity contribution in [2.45, 2.75) is 45.2 Å². The smallest absolute Gasteiger partial charge is 0.243 e. The lowest BCUT2D eigenvalue weighted by Gasteiger charge is -2.25. The molecule has 1 amide bonds. The third-order valence-electron chi connectivity index (χ3n) is 5.43. The predicted octanol–water partition coefficient (Wildman–Crippen LogP) is 3.49.